The van der Waals surface area contributed by atoms with E-state index < -0.39 is 5.82 Å². The van der Waals surface area contributed by atoms with Gasteiger partial charge >= 0.3 is 0 Å². The van der Waals surface area contributed by atoms with Crippen LogP contribution in [0.15, 0.2) is 18.2 Å². The maximum atomic E-state index is 13.2. The maximum absolute atomic E-state index is 13.2. The number of nitrogens with zero attached hydrogens (tertiary/aromatic N) is 3. The molecule has 1 N–H and O–H groups in total. The van der Waals surface area contributed by atoms with Crippen LogP contribution in [0.3, 0.4) is 0 Å². The number of hydrogen-bond acceptors (Lipinski definition) is 4. The lowest BCUT2D eigenvalue weighted by Crippen LogP contribution is -1.89. The van der Waals surface area contributed by atoms with Gasteiger partial charge in [0.2, 0.25) is 0 Å². The van der Waals surface area contributed by atoms with Crippen LogP contribution < -0.4 is 4.74 Å². The van der Waals surface area contributed by atoms with Crippen LogP contribution in [-0.4, -0.2) is 22.3 Å². The minimum atomic E-state index is -0.441. The molecule has 1 heterocycles. The number of nitrogens with one attached hydrogen (secondary N) is 1. The number of hydrogen-bond donors (Lipinski definition) is 1. The van der Waals surface area contributed by atoms with E-state index in [9.17, 15) is 4.39 Å². The zero-order chi connectivity index (χ0) is 12.3. The third-order valence-electron chi connectivity index (χ3n) is 2.19. The van der Waals surface area contributed by atoms with Gasteiger partial charge < -0.3 is 4.74 Å². The predicted octanol–water partition coefficient (Wildman–Crippen LogP) is 1.69. The van der Waals surface area contributed by atoms with Gasteiger partial charge in [-0.1, -0.05) is 0 Å². The number of nitriles is 1. The first kappa shape index (κ1) is 11.1. The Morgan fingerprint density at radius 2 is 2.35 bits per heavy atom. The molecule has 0 amide bonds. The second-order valence-corrected chi connectivity index (χ2v) is 3.29. The molecule has 5 nitrogen and oxygen atoms in total. The van der Waals surface area contributed by atoms with E-state index in [0.717, 1.165) is 0 Å². The molecule has 0 fully saturated rings. The molecule has 0 atom stereocenters. The van der Waals surface area contributed by atoms with Crippen molar-refractivity contribution in [3.8, 4) is 23.2 Å². The number of methoxy groups -OCH3 is 1. The van der Waals surface area contributed by atoms with Crippen molar-refractivity contribution in [2.75, 3.05) is 7.11 Å². The smallest absolute Gasteiger partial charge is 0.181 e. The van der Waals surface area contributed by atoms with Crippen molar-refractivity contribution in [2.45, 2.75) is 6.42 Å². The summed E-state index contributed by atoms with van der Waals surface area (Å²) in [7, 11) is 1.39. The van der Waals surface area contributed by atoms with Crippen molar-refractivity contribution in [3.05, 3.63) is 29.8 Å². The third kappa shape index (κ3) is 2.23. The summed E-state index contributed by atoms with van der Waals surface area (Å²) in [5.41, 5.74) is 0.628. The van der Waals surface area contributed by atoms with Crippen molar-refractivity contribution in [1.82, 2.24) is 15.2 Å². The van der Waals surface area contributed by atoms with Gasteiger partial charge in [-0.15, -0.1) is 0 Å². The van der Waals surface area contributed by atoms with Crippen molar-refractivity contribution in [1.29, 1.82) is 5.26 Å². The quantitative estimate of drug-likeness (QED) is 0.873. The van der Waals surface area contributed by atoms with Crippen molar-refractivity contribution >= 4 is 0 Å². The summed E-state index contributed by atoms with van der Waals surface area (Å²) in [6.07, 6.45) is 0.158. The number of aromatic nitrogens is 3. The summed E-state index contributed by atoms with van der Waals surface area (Å²) in [6.45, 7) is 0. The number of H-pyrrole nitrogens is 1. The van der Waals surface area contributed by atoms with Crippen LogP contribution >= 0.6 is 0 Å². The molecule has 0 aliphatic carbocycles. The number of rotatable bonds is 3. The summed E-state index contributed by atoms with van der Waals surface area (Å²) in [5.74, 6) is 0.581. The van der Waals surface area contributed by atoms with Crippen LogP contribution in [0.5, 0.6) is 5.75 Å². The van der Waals surface area contributed by atoms with E-state index >= 15 is 0 Å². The molecular weight excluding hydrogens is 223 g/mol. The molecule has 0 radical (unpaired) electrons. The summed E-state index contributed by atoms with van der Waals surface area (Å²) in [4.78, 5) is 4.11. The van der Waals surface area contributed by atoms with Gasteiger partial charge in [-0.25, -0.2) is 9.37 Å². The highest BCUT2D eigenvalue weighted by molar-refractivity contribution is 5.57. The summed E-state index contributed by atoms with van der Waals surface area (Å²) < 4.78 is 18.1. The maximum Gasteiger partial charge on any atom is 0.181 e. The molecule has 6 heteroatoms. The molecule has 0 bridgehead atoms. The largest absolute Gasteiger partial charge is 0.494 e. The van der Waals surface area contributed by atoms with Crippen molar-refractivity contribution < 1.29 is 9.13 Å². The Balaban J connectivity index is 2.36. The van der Waals surface area contributed by atoms with Crippen molar-refractivity contribution in [3.63, 3.8) is 0 Å². The average molecular weight is 232 g/mol. The Morgan fingerprint density at radius 3 is 3.06 bits per heavy atom. The van der Waals surface area contributed by atoms with E-state index in [1.54, 1.807) is 6.07 Å². The van der Waals surface area contributed by atoms with Gasteiger partial charge in [0.25, 0.3) is 0 Å². The minimum absolute atomic E-state index is 0.133. The highest BCUT2D eigenvalue weighted by atomic mass is 19.1. The first-order valence-corrected chi connectivity index (χ1v) is 4.86. The third-order valence-corrected chi connectivity index (χ3v) is 2.19. The molecule has 2 aromatic rings. The lowest BCUT2D eigenvalue weighted by atomic mass is 10.2. The van der Waals surface area contributed by atoms with Gasteiger partial charge in [-0.2, -0.15) is 10.4 Å². The highest BCUT2D eigenvalue weighted by Gasteiger charge is 2.09. The number of halogens is 1. The minimum Gasteiger partial charge on any atom is -0.494 e. The monoisotopic (exact) mass is 232 g/mol. The molecule has 1 aromatic carbocycles. The summed E-state index contributed by atoms with van der Waals surface area (Å²) in [6, 6.07) is 6.31. The Kier molecular flexibility index (Phi) is 3.01. The second kappa shape index (κ2) is 4.61. The second-order valence-electron chi connectivity index (χ2n) is 3.29. The fourth-order valence-electron chi connectivity index (χ4n) is 1.38. The van der Waals surface area contributed by atoms with E-state index in [4.69, 9.17) is 10.00 Å². The molecule has 0 unspecified atom stereocenters. The number of ether oxygens (including phenoxy) is 1. The average Bonchev–Trinajstić information content (AvgIpc) is 2.79. The number of aromatic amines is 1. The van der Waals surface area contributed by atoms with E-state index in [1.807, 2.05) is 6.07 Å². The molecule has 0 aliphatic heterocycles. The van der Waals surface area contributed by atoms with Gasteiger partial charge in [-0.3, -0.25) is 5.10 Å². The molecule has 0 spiro atoms. The van der Waals surface area contributed by atoms with Crippen LogP contribution in [0, 0.1) is 17.1 Å². The molecule has 0 saturated carbocycles. The molecule has 2 rings (SSSR count). The van der Waals surface area contributed by atoms with E-state index in [2.05, 4.69) is 15.2 Å². The van der Waals surface area contributed by atoms with Crippen LogP contribution in [0.25, 0.3) is 11.4 Å². The lowest BCUT2D eigenvalue weighted by Gasteiger charge is -2.02. The molecule has 86 valence electrons. The zero-order valence-electron chi connectivity index (χ0n) is 9.07. The fraction of sp³-hybridized carbons (Fsp3) is 0.182. The number of benzene rings is 1. The lowest BCUT2D eigenvalue weighted by molar-refractivity contribution is 0.387. The van der Waals surface area contributed by atoms with Gasteiger partial charge in [0.05, 0.1) is 19.6 Å². The van der Waals surface area contributed by atoms with E-state index in [-0.39, 0.29) is 12.2 Å². The molecule has 0 saturated heterocycles. The van der Waals surface area contributed by atoms with Crippen LogP contribution in [-0.2, 0) is 6.42 Å². The van der Waals surface area contributed by atoms with E-state index in [1.165, 1.54) is 19.2 Å². The van der Waals surface area contributed by atoms with Crippen LogP contribution in [0.2, 0.25) is 0 Å². The summed E-state index contributed by atoms with van der Waals surface area (Å²) >= 11 is 0. The van der Waals surface area contributed by atoms with Crippen LogP contribution in [0.1, 0.15) is 5.82 Å². The van der Waals surface area contributed by atoms with Gasteiger partial charge in [0.15, 0.2) is 17.4 Å². The Labute approximate surface area is 96.9 Å². The van der Waals surface area contributed by atoms with Crippen molar-refractivity contribution in [2.24, 2.45) is 0 Å². The molecule has 0 aliphatic rings. The van der Waals surface area contributed by atoms with Crippen LogP contribution in [0.4, 0.5) is 4.39 Å². The Hall–Kier alpha value is -2.42. The fourth-order valence-corrected chi connectivity index (χ4v) is 1.38. The molecule has 1 aromatic heterocycles. The normalized spacial score (nSPS) is 9.94. The zero-order valence-corrected chi connectivity index (χ0v) is 9.07. The van der Waals surface area contributed by atoms with Gasteiger partial charge in [0.1, 0.15) is 5.82 Å². The first-order chi connectivity index (χ1) is 8.24. The molecular formula is C11H9FN4O. The van der Waals surface area contributed by atoms with Gasteiger partial charge in [0, 0.05) is 5.56 Å². The highest BCUT2D eigenvalue weighted by Crippen LogP contribution is 2.23. The molecule has 17 heavy (non-hydrogen) atoms. The standard InChI is InChI=1S/C11H9FN4O/c1-17-9-6-7(2-3-8(9)12)11-14-10(4-5-13)15-16-11/h2-3,6H,4H2,1H3,(H,14,15,16). The van der Waals surface area contributed by atoms with Gasteiger partial charge in [-0.05, 0) is 18.2 Å². The Morgan fingerprint density at radius 1 is 1.53 bits per heavy atom. The predicted molar refractivity (Wildman–Crippen MR) is 57.6 cm³/mol. The SMILES string of the molecule is COc1cc(-c2n[nH]c(CC#N)n2)ccc1F. The topological polar surface area (TPSA) is 74.6 Å². The summed E-state index contributed by atoms with van der Waals surface area (Å²) in [5, 5.41) is 15.1. The Bertz CT molecular complexity index is 573. The first-order valence-electron chi connectivity index (χ1n) is 4.86. The van der Waals surface area contributed by atoms with E-state index in [0.29, 0.717) is 17.2 Å².